The minimum atomic E-state index is -3.44. The largest absolute Gasteiger partial charge is 0.361 e. The lowest BCUT2D eigenvalue weighted by Gasteiger charge is -2.26. The summed E-state index contributed by atoms with van der Waals surface area (Å²) in [5, 5.41) is 11.9. The lowest BCUT2D eigenvalue weighted by atomic mass is 9.96. The van der Waals surface area contributed by atoms with E-state index in [0.29, 0.717) is 13.0 Å². The normalized spacial score (nSPS) is 19.5. The third kappa shape index (κ3) is 5.93. The van der Waals surface area contributed by atoms with Crippen molar-refractivity contribution < 1.29 is 18.3 Å². The van der Waals surface area contributed by atoms with Crippen molar-refractivity contribution in [2.24, 2.45) is 0 Å². The maximum Gasteiger partial charge on any atom is 0.237 e. The summed E-state index contributed by atoms with van der Waals surface area (Å²) in [7, 11) is -3.44. The first-order chi connectivity index (χ1) is 11.7. The van der Waals surface area contributed by atoms with Gasteiger partial charge in [-0.15, -0.1) is 0 Å². The Labute approximate surface area is 148 Å². The van der Waals surface area contributed by atoms with Crippen molar-refractivity contribution in [3.8, 4) is 0 Å². The van der Waals surface area contributed by atoms with Gasteiger partial charge in [0, 0.05) is 6.54 Å². The molecule has 138 valence electrons. The number of sulfonamides is 1. The van der Waals surface area contributed by atoms with Crippen LogP contribution in [0.15, 0.2) is 42.5 Å². The molecule has 0 saturated carbocycles. The van der Waals surface area contributed by atoms with Crippen LogP contribution in [0.4, 0.5) is 0 Å². The van der Waals surface area contributed by atoms with Crippen LogP contribution >= 0.6 is 0 Å². The van der Waals surface area contributed by atoms with Crippen LogP contribution in [0.1, 0.15) is 25.8 Å². The second-order valence-corrected chi connectivity index (χ2v) is 8.38. The maximum atomic E-state index is 12.3. The molecule has 0 aromatic heterocycles. The summed E-state index contributed by atoms with van der Waals surface area (Å²) < 4.78 is 27.3. The van der Waals surface area contributed by atoms with Crippen LogP contribution in [0, 0.1) is 0 Å². The van der Waals surface area contributed by atoms with E-state index >= 15 is 0 Å². The van der Waals surface area contributed by atoms with Gasteiger partial charge >= 0.3 is 0 Å². The Balaban J connectivity index is 1.81. The highest BCUT2D eigenvalue weighted by Gasteiger charge is 2.27. The highest BCUT2D eigenvalue weighted by atomic mass is 32.2. The highest BCUT2D eigenvalue weighted by molar-refractivity contribution is 7.89. The fourth-order valence-corrected chi connectivity index (χ4v) is 4.06. The summed E-state index contributed by atoms with van der Waals surface area (Å²) in [4.78, 5) is 12.7. The van der Waals surface area contributed by atoms with Crippen molar-refractivity contribution in [2.45, 2.75) is 32.2 Å². The molecule has 8 heteroatoms. The molecule has 1 saturated heterocycles. The summed E-state index contributed by atoms with van der Waals surface area (Å²) in [6, 6.07) is 9.42. The van der Waals surface area contributed by atoms with E-state index in [1.54, 1.807) is 17.1 Å². The number of hydrogen-bond acceptors (Lipinski definition) is 5. The van der Waals surface area contributed by atoms with Crippen LogP contribution in [-0.4, -0.2) is 49.5 Å². The number of aliphatic hydroxyl groups is 1. The summed E-state index contributed by atoms with van der Waals surface area (Å²) in [5.74, 6) is -0.254. The molecule has 1 atom stereocenters. The van der Waals surface area contributed by atoms with Crippen molar-refractivity contribution in [1.29, 1.82) is 0 Å². The number of amides is 1. The van der Waals surface area contributed by atoms with Crippen molar-refractivity contribution in [1.82, 2.24) is 14.9 Å². The van der Waals surface area contributed by atoms with E-state index in [1.807, 2.05) is 44.2 Å². The predicted octanol–water partition coefficient (Wildman–Crippen LogP) is 0.495. The van der Waals surface area contributed by atoms with Gasteiger partial charge in [-0.3, -0.25) is 4.79 Å². The zero-order valence-electron chi connectivity index (χ0n) is 14.5. The molecule has 3 N–H and O–H groups in total. The van der Waals surface area contributed by atoms with Gasteiger partial charge in [0.1, 0.15) is 0 Å². The second-order valence-electron chi connectivity index (χ2n) is 6.54. The zero-order chi connectivity index (χ0) is 18.5. The number of allylic oxidation sites excluding steroid dienone is 1. The van der Waals surface area contributed by atoms with Crippen LogP contribution < -0.4 is 10.0 Å². The van der Waals surface area contributed by atoms with E-state index in [9.17, 15) is 18.3 Å². The van der Waals surface area contributed by atoms with Gasteiger partial charge in [0.2, 0.25) is 15.9 Å². The lowest BCUT2D eigenvalue weighted by molar-refractivity contribution is -0.119. The van der Waals surface area contributed by atoms with E-state index in [1.165, 1.54) is 0 Å². The molecule has 1 fully saturated rings. The number of benzene rings is 1. The van der Waals surface area contributed by atoms with E-state index in [-0.39, 0.29) is 18.2 Å². The van der Waals surface area contributed by atoms with Crippen molar-refractivity contribution in [3.05, 3.63) is 48.0 Å². The fourth-order valence-electron chi connectivity index (χ4n) is 2.62. The number of carbonyl (C=O) groups excluding carboxylic acids is 1. The molecule has 0 aliphatic carbocycles. The van der Waals surface area contributed by atoms with Crippen LogP contribution in [0.5, 0.6) is 0 Å². The third-order valence-electron chi connectivity index (χ3n) is 3.95. The molecule has 1 unspecified atom stereocenters. The summed E-state index contributed by atoms with van der Waals surface area (Å²) in [6.07, 6.45) is 2.87. The standard InChI is InChI=1S/C17H25N3O4S/c1-17(2,14-9-5-3-6-10-14)19-25(23,24)12-8-4-7-11-20-13-15(21)18-16(20)22/h3-7,9-10,16,19,22H,8,11-13H2,1-2H3,(H,18,21)/b7-4+. The van der Waals surface area contributed by atoms with Crippen molar-refractivity contribution >= 4 is 15.9 Å². The SMILES string of the molecule is CC(C)(NS(=O)(=O)CC/C=C/CN1CC(=O)NC1O)c1ccccc1. The number of carbonyl (C=O) groups is 1. The predicted molar refractivity (Wildman–Crippen MR) is 95.9 cm³/mol. The molecular weight excluding hydrogens is 342 g/mol. The minimum absolute atomic E-state index is 0.0283. The highest BCUT2D eigenvalue weighted by Crippen LogP contribution is 2.20. The molecule has 1 aromatic rings. The monoisotopic (exact) mass is 367 g/mol. The van der Waals surface area contributed by atoms with Crippen LogP contribution in [-0.2, 0) is 20.4 Å². The molecule has 0 bridgehead atoms. The van der Waals surface area contributed by atoms with Gasteiger partial charge in [-0.05, 0) is 25.8 Å². The van der Waals surface area contributed by atoms with Gasteiger partial charge in [-0.25, -0.2) is 18.0 Å². The Morgan fingerprint density at radius 3 is 2.60 bits per heavy atom. The van der Waals surface area contributed by atoms with Gasteiger partial charge in [0.25, 0.3) is 0 Å². The smallest absolute Gasteiger partial charge is 0.237 e. The molecular formula is C17H25N3O4S. The molecule has 25 heavy (non-hydrogen) atoms. The van der Waals surface area contributed by atoms with Gasteiger partial charge in [0.05, 0.1) is 17.8 Å². The van der Waals surface area contributed by atoms with Gasteiger partial charge in [-0.1, -0.05) is 42.5 Å². The third-order valence-corrected chi connectivity index (χ3v) is 5.54. The molecule has 1 heterocycles. The second kappa shape index (κ2) is 8.09. The van der Waals surface area contributed by atoms with Gasteiger partial charge < -0.3 is 10.4 Å². The number of hydrogen-bond donors (Lipinski definition) is 3. The van der Waals surface area contributed by atoms with Gasteiger partial charge in [-0.2, -0.15) is 0 Å². The average molecular weight is 367 g/mol. The summed E-state index contributed by atoms with van der Waals surface area (Å²) >= 11 is 0. The Bertz CT molecular complexity index is 717. The van der Waals surface area contributed by atoms with Crippen LogP contribution in [0.3, 0.4) is 0 Å². The van der Waals surface area contributed by atoms with Crippen LogP contribution in [0.25, 0.3) is 0 Å². The summed E-state index contributed by atoms with van der Waals surface area (Å²) in [5.41, 5.74) is 0.212. The Kier molecular flexibility index (Phi) is 6.34. The van der Waals surface area contributed by atoms with Crippen LogP contribution in [0.2, 0.25) is 0 Å². The quantitative estimate of drug-likeness (QED) is 0.581. The fraction of sp³-hybridized carbons (Fsp3) is 0.471. The molecule has 1 aromatic carbocycles. The van der Waals surface area contributed by atoms with Crippen molar-refractivity contribution in [3.63, 3.8) is 0 Å². The lowest BCUT2D eigenvalue weighted by Crippen LogP contribution is -2.42. The molecule has 1 aliphatic heterocycles. The average Bonchev–Trinajstić information content (AvgIpc) is 2.84. The molecule has 1 aliphatic rings. The first kappa shape index (κ1) is 19.6. The van der Waals surface area contributed by atoms with E-state index in [4.69, 9.17) is 0 Å². The Morgan fingerprint density at radius 2 is 2.00 bits per heavy atom. The number of aliphatic hydroxyl groups excluding tert-OH is 1. The number of rotatable bonds is 8. The van der Waals surface area contributed by atoms with E-state index < -0.39 is 21.9 Å². The molecule has 0 spiro atoms. The van der Waals surface area contributed by atoms with E-state index in [0.717, 1.165) is 5.56 Å². The topological polar surface area (TPSA) is 98.7 Å². The minimum Gasteiger partial charge on any atom is -0.361 e. The van der Waals surface area contributed by atoms with E-state index in [2.05, 4.69) is 10.0 Å². The molecule has 0 radical (unpaired) electrons. The Morgan fingerprint density at radius 1 is 1.32 bits per heavy atom. The first-order valence-electron chi connectivity index (χ1n) is 8.13. The maximum absolute atomic E-state index is 12.3. The van der Waals surface area contributed by atoms with Gasteiger partial charge in [0.15, 0.2) is 6.35 Å². The Hall–Kier alpha value is -1.74. The number of nitrogens with zero attached hydrogens (tertiary/aromatic N) is 1. The molecule has 7 nitrogen and oxygen atoms in total. The number of nitrogens with one attached hydrogen (secondary N) is 2. The van der Waals surface area contributed by atoms with Crippen molar-refractivity contribution in [2.75, 3.05) is 18.8 Å². The first-order valence-corrected chi connectivity index (χ1v) is 9.78. The molecule has 1 amide bonds. The summed E-state index contributed by atoms with van der Waals surface area (Å²) in [6.45, 7) is 4.17. The molecule has 2 rings (SSSR count). The zero-order valence-corrected chi connectivity index (χ0v) is 15.3.